The van der Waals surface area contributed by atoms with Crippen molar-refractivity contribution < 1.29 is 4.39 Å². The van der Waals surface area contributed by atoms with Crippen LogP contribution in [0.25, 0.3) is 10.9 Å². The van der Waals surface area contributed by atoms with Gasteiger partial charge in [0.2, 0.25) is 5.28 Å². The van der Waals surface area contributed by atoms with Crippen molar-refractivity contribution in [2.24, 2.45) is 0 Å². The zero-order valence-electron chi connectivity index (χ0n) is 11.0. The second kappa shape index (κ2) is 4.90. The molecule has 2 atom stereocenters. The molecule has 2 aliphatic rings. The van der Waals surface area contributed by atoms with E-state index in [1.54, 1.807) is 0 Å². The second-order valence-corrected chi connectivity index (χ2v) is 6.18. The molecule has 2 unspecified atom stereocenters. The zero-order chi connectivity index (χ0) is 14.6. The largest absolute Gasteiger partial charge is 0.353 e. The number of anilines is 1. The van der Waals surface area contributed by atoms with Gasteiger partial charge in [0, 0.05) is 31.4 Å². The molecule has 1 N–H and O–H groups in total. The molecule has 0 spiro atoms. The SMILES string of the molecule is Fc1c(Cl)ncc2c(N3CC4CCC(C3)N4)nc(Cl)nc12. The van der Waals surface area contributed by atoms with Crippen molar-refractivity contribution in [3.63, 3.8) is 0 Å². The Morgan fingerprint density at radius 2 is 1.90 bits per heavy atom. The quantitative estimate of drug-likeness (QED) is 0.644. The van der Waals surface area contributed by atoms with Gasteiger partial charge in [-0.05, 0) is 24.4 Å². The maximum absolute atomic E-state index is 14.1. The fourth-order valence-electron chi connectivity index (χ4n) is 3.20. The summed E-state index contributed by atoms with van der Waals surface area (Å²) >= 11 is 11.7. The normalized spacial score (nSPS) is 24.8. The summed E-state index contributed by atoms with van der Waals surface area (Å²) in [6.07, 6.45) is 3.81. The van der Waals surface area contributed by atoms with Crippen LogP contribution in [0, 0.1) is 5.82 Å². The highest BCUT2D eigenvalue weighted by atomic mass is 35.5. The van der Waals surface area contributed by atoms with Gasteiger partial charge in [-0.15, -0.1) is 0 Å². The molecule has 2 saturated heterocycles. The Balaban J connectivity index is 1.86. The fourth-order valence-corrected chi connectivity index (χ4v) is 3.51. The molecule has 2 fully saturated rings. The number of rotatable bonds is 1. The highest BCUT2D eigenvalue weighted by Crippen LogP contribution is 2.31. The van der Waals surface area contributed by atoms with Gasteiger partial charge in [0.15, 0.2) is 11.0 Å². The van der Waals surface area contributed by atoms with E-state index >= 15 is 0 Å². The number of aromatic nitrogens is 3. The van der Waals surface area contributed by atoms with Crippen LogP contribution in [0.4, 0.5) is 10.2 Å². The van der Waals surface area contributed by atoms with E-state index in [-0.39, 0.29) is 16.0 Å². The first kappa shape index (κ1) is 13.4. The molecule has 0 aliphatic carbocycles. The molecule has 21 heavy (non-hydrogen) atoms. The van der Waals surface area contributed by atoms with Crippen LogP contribution in [0.5, 0.6) is 0 Å². The third-order valence-electron chi connectivity index (χ3n) is 4.11. The topological polar surface area (TPSA) is 53.9 Å². The van der Waals surface area contributed by atoms with E-state index in [0.717, 1.165) is 25.9 Å². The zero-order valence-corrected chi connectivity index (χ0v) is 12.5. The summed E-state index contributed by atoms with van der Waals surface area (Å²) in [6.45, 7) is 1.65. The number of hydrogen-bond donors (Lipinski definition) is 1. The van der Waals surface area contributed by atoms with Crippen molar-refractivity contribution in [1.29, 1.82) is 0 Å². The second-order valence-electron chi connectivity index (χ2n) is 5.48. The molecule has 0 amide bonds. The van der Waals surface area contributed by atoms with E-state index in [1.807, 2.05) is 0 Å². The number of nitrogens with zero attached hydrogens (tertiary/aromatic N) is 4. The van der Waals surface area contributed by atoms with E-state index in [1.165, 1.54) is 6.20 Å². The lowest BCUT2D eigenvalue weighted by molar-refractivity contribution is 0.464. The molecule has 2 aromatic rings. The maximum Gasteiger partial charge on any atom is 0.225 e. The highest BCUT2D eigenvalue weighted by Gasteiger charge is 2.33. The van der Waals surface area contributed by atoms with Crippen molar-refractivity contribution in [2.45, 2.75) is 24.9 Å². The Labute approximate surface area is 130 Å². The third-order valence-corrected chi connectivity index (χ3v) is 4.54. The van der Waals surface area contributed by atoms with Gasteiger partial charge in [-0.3, -0.25) is 0 Å². The van der Waals surface area contributed by atoms with Crippen LogP contribution in [-0.2, 0) is 0 Å². The van der Waals surface area contributed by atoms with Crippen LogP contribution in [0.2, 0.25) is 10.4 Å². The molecule has 0 radical (unpaired) electrons. The van der Waals surface area contributed by atoms with Crippen molar-refractivity contribution >= 4 is 39.9 Å². The predicted molar refractivity (Wildman–Crippen MR) is 79.5 cm³/mol. The Hall–Kier alpha value is -1.24. The maximum atomic E-state index is 14.1. The number of piperazine rings is 1. The molecule has 4 rings (SSSR count). The van der Waals surface area contributed by atoms with Crippen LogP contribution in [-0.4, -0.2) is 40.1 Å². The molecule has 0 saturated carbocycles. The van der Waals surface area contributed by atoms with Gasteiger partial charge in [-0.25, -0.2) is 14.4 Å². The van der Waals surface area contributed by atoms with Crippen molar-refractivity contribution in [1.82, 2.24) is 20.3 Å². The lowest BCUT2D eigenvalue weighted by atomic mass is 10.2. The summed E-state index contributed by atoms with van der Waals surface area (Å²) in [4.78, 5) is 14.3. The van der Waals surface area contributed by atoms with Gasteiger partial charge in [0.25, 0.3) is 0 Å². The van der Waals surface area contributed by atoms with Gasteiger partial charge >= 0.3 is 0 Å². The van der Waals surface area contributed by atoms with Gasteiger partial charge in [-0.2, -0.15) is 4.98 Å². The van der Waals surface area contributed by atoms with Crippen molar-refractivity contribution in [2.75, 3.05) is 18.0 Å². The minimum atomic E-state index is -0.655. The average Bonchev–Trinajstić information content (AvgIpc) is 2.81. The lowest BCUT2D eigenvalue weighted by Crippen LogP contribution is -2.51. The summed E-state index contributed by atoms with van der Waals surface area (Å²) in [5.41, 5.74) is 0.121. The monoisotopic (exact) mass is 327 g/mol. The lowest BCUT2D eigenvalue weighted by Gasteiger charge is -2.34. The number of hydrogen-bond acceptors (Lipinski definition) is 5. The number of nitrogens with one attached hydrogen (secondary N) is 1. The fraction of sp³-hybridized carbons (Fsp3) is 0.462. The molecular formula is C13H12Cl2FN5. The van der Waals surface area contributed by atoms with Crippen molar-refractivity contribution in [3.05, 3.63) is 22.5 Å². The molecule has 2 aliphatic heterocycles. The molecule has 110 valence electrons. The first-order valence-electron chi connectivity index (χ1n) is 6.80. The van der Waals surface area contributed by atoms with Crippen LogP contribution in [0.3, 0.4) is 0 Å². The molecule has 0 aromatic carbocycles. The Morgan fingerprint density at radius 1 is 1.19 bits per heavy atom. The van der Waals surface area contributed by atoms with Crippen LogP contribution in [0.1, 0.15) is 12.8 Å². The highest BCUT2D eigenvalue weighted by molar-refractivity contribution is 6.30. The Morgan fingerprint density at radius 3 is 2.62 bits per heavy atom. The van der Waals surface area contributed by atoms with E-state index in [0.29, 0.717) is 23.3 Å². The minimum absolute atomic E-state index is 0.0181. The Bertz CT molecular complexity index is 713. The average molecular weight is 328 g/mol. The molecule has 8 heteroatoms. The van der Waals surface area contributed by atoms with Crippen molar-refractivity contribution in [3.8, 4) is 0 Å². The summed E-state index contributed by atoms with van der Waals surface area (Å²) in [7, 11) is 0. The van der Waals surface area contributed by atoms with E-state index < -0.39 is 5.82 Å². The standard InChI is InChI=1S/C13H12Cl2FN5/c14-11-9(16)10-8(3-17-11)12(20-13(15)19-10)21-4-6-1-2-7(5-21)18-6/h3,6-7,18H,1-2,4-5H2. The first-order chi connectivity index (χ1) is 10.1. The number of fused-ring (bicyclic) bond motifs is 3. The Kier molecular flexibility index (Phi) is 3.13. The van der Waals surface area contributed by atoms with E-state index in [2.05, 4.69) is 25.2 Å². The molecule has 4 heterocycles. The summed E-state index contributed by atoms with van der Waals surface area (Å²) < 4.78 is 14.1. The van der Waals surface area contributed by atoms with Crippen LogP contribution in [0.15, 0.2) is 6.20 Å². The van der Waals surface area contributed by atoms with E-state index in [4.69, 9.17) is 23.2 Å². The van der Waals surface area contributed by atoms with Gasteiger partial charge < -0.3 is 10.2 Å². The minimum Gasteiger partial charge on any atom is -0.353 e. The summed E-state index contributed by atoms with van der Waals surface area (Å²) in [5.74, 6) is -0.0238. The number of halogens is 3. The van der Waals surface area contributed by atoms with Gasteiger partial charge in [-0.1, -0.05) is 11.6 Å². The van der Waals surface area contributed by atoms with Gasteiger partial charge in [0.1, 0.15) is 11.3 Å². The molecular weight excluding hydrogens is 316 g/mol. The predicted octanol–water partition coefficient (Wildman–Crippen LogP) is 2.41. The van der Waals surface area contributed by atoms with E-state index in [9.17, 15) is 4.39 Å². The van der Waals surface area contributed by atoms with Gasteiger partial charge in [0.05, 0.1) is 5.39 Å². The third kappa shape index (κ3) is 2.22. The first-order valence-corrected chi connectivity index (χ1v) is 7.55. The number of pyridine rings is 1. The molecule has 2 aromatic heterocycles. The molecule has 2 bridgehead atoms. The van der Waals surface area contributed by atoms with Crippen LogP contribution < -0.4 is 10.2 Å². The smallest absolute Gasteiger partial charge is 0.225 e. The molecule has 5 nitrogen and oxygen atoms in total. The van der Waals surface area contributed by atoms with Crippen LogP contribution >= 0.6 is 23.2 Å². The summed E-state index contributed by atoms with van der Waals surface area (Å²) in [5, 5.41) is 3.90. The summed E-state index contributed by atoms with van der Waals surface area (Å²) in [6, 6.07) is 0.885.